The highest BCUT2D eigenvalue weighted by Crippen LogP contribution is 2.31. The molecule has 2 aliphatic rings. The summed E-state index contributed by atoms with van der Waals surface area (Å²) in [5.74, 6) is 0.845. The predicted molar refractivity (Wildman–Crippen MR) is 59.5 cm³/mol. The van der Waals surface area contributed by atoms with E-state index in [1.165, 1.54) is 0 Å². The van der Waals surface area contributed by atoms with Gasteiger partial charge in [0.25, 0.3) is 0 Å². The summed E-state index contributed by atoms with van der Waals surface area (Å²) in [5.41, 5.74) is 1.08. The highest BCUT2D eigenvalue weighted by atomic mass is 35.5. The van der Waals surface area contributed by atoms with Gasteiger partial charge in [0.1, 0.15) is 0 Å². The molecule has 0 spiro atoms. The van der Waals surface area contributed by atoms with Gasteiger partial charge in [-0.3, -0.25) is 0 Å². The first-order valence-electron chi connectivity index (χ1n) is 5.09. The third-order valence-electron chi connectivity index (χ3n) is 2.91. The first-order valence-corrected chi connectivity index (χ1v) is 5.47. The van der Waals surface area contributed by atoms with Crippen molar-refractivity contribution < 1.29 is 0 Å². The van der Waals surface area contributed by atoms with Crippen LogP contribution in [0.3, 0.4) is 0 Å². The van der Waals surface area contributed by atoms with Crippen molar-refractivity contribution in [3.63, 3.8) is 0 Å². The molecule has 2 N–H and O–H groups in total. The number of anilines is 2. The zero-order valence-electron chi connectivity index (χ0n) is 8.20. The Morgan fingerprint density at radius 3 is 3.27 bits per heavy atom. The molecule has 3 heterocycles. The number of aromatic nitrogens is 2. The molecule has 3 rings (SSSR count). The summed E-state index contributed by atoms with van der Waals surface area (Å²) >= 11 is 5.86. The van der Waals surface area contributed by atoms with E-state index in [1.54, 1.807) is 0 Å². The maximum Gasteiger partial charge on any atom is 0.172 e. The average molecular weight is 226 g/mol. The lowest BCUT2D eigenvalue weighted by atomic mass is 10.1. The molecule has 0 unspecified atom stereocenters. The number of nitrogens with zero attached hydrogens (tertiary/aromatic N) is 3. The van der Waals surface area contributed by atoms with E-state index in [-0.39, 0.29) is 0 Å². The summed E-state index contributed by atoms with van der Waals surface area (Å²) in [4.78, 5) is 2.35. The molecule has 0 bridgehead atoms. The molecule has 1 aromatic rings. The molecule has 1 saturated heterocycles. The fourth-order valence-corrected chi connectivity index (χ4v) is 2.32. The van der Waals surface area contributed by atoms with Crippen LogP contribution < -0.4 is 15.5 Å². The van der Waals surface area contributed by atoms with Crippen LogP contribution in [-0.2, 0) is 0 Å². The van der Waals surface area contributed by atoms with Crippen molar-refractivity contribution in [2.24, 2.45) is 0 Å². The minimum atomic E-state index is 0.453. The largest absolute Gasteiger partial charge is 0.365 e. The Bertz CT molecular complexity index is 383. The van der Waals surface area contributed by atoms with Gasteiger partial charge >= 0.3 is 0 Å². The van der Waals surface area contributed by atoms with E-state index in [1.807, 2.05) is 6.07 Å². The molecular formula is C9H12ClN5. The zero-order chi connectivity index (χ0) is 10.3. The van der Waals surface area contributed by atoms with Crippen molar-refractivity contribution in [3.8, 4) is 0 Å². The maximum absolute atomic E-state index is 5.86. The molecular weight excluding hydrogens is 214 g/mol. The number of fused-ring (bicyclic) bond motifs is 3. The van der Waals surface area contributed by atoms with E-state index in [0.717, 1.165) is 37.7 Å². The smallest absolute Gasteiger partial charge is 0.172 e. The molecule has 1 fully saturated rings. The Labute approximate surface area is 92.8 Å². The number of piperazine rings is 1. The summed E-state index contributed by atoms with van der Waals surface area (Å²) in [6.07, 6.45) is 0. The average Bonchev–Trinajstić information content (AvgIpc) is 2.29. The van der Waals surface area contributed by atoms with Crippen LogP contribution in [0.2, 0.25) is 5.15 Å². The topological polar surface area (TPSA) is 53.1 Å². The molecule has 15 heavy (non-hydrogen) atoms. The van der Waals surface area contributed by atoms with E-state index < -0.39 is 0 Å². The molecule has 2 aliphatic heterocycles. The van der Waals surface area contributed by atoms with Gasteiger partial charge in [-0.15, -0.1) is 10.2 Å². The van der Waals surface area contributed by atoms with E-state index in [4.69, 9.17) is 11.6 Å². The minimum Gasteiger partial charge on any atom is -0.365 e. The number of rotatable bonds is 0. The second-order valence-electron chi connectivity index (χ2n) is 3.83. The number of nitrogens with one attached hydrogen (secondary N) is 2. The van der Waals surface area contributed by atoms with Gasteiger partial charge in [-0.25, -0.2) is 0 Å². The van der Waals surface area contributed by atoms with E-state index >= 15 is 0 Å². The highest BCUT2D eigenvalue weighted by Gasteiger charge is 2.29. The van der Waals surface area contributed by atoms with Crippen LogP contribution in [0.5, 0.6) is 0 Å². The third-order valence-corrected chi connectivity index (χ3v) is 3.09. The minimum absolute atomic E-state index is 0.453. The van der Waals surface area contributed by atoms with E-state index in [9.17, 15) is 0 Å². The van der Waals surface area contributed by atoms with Crippen molar-refractivity contribution in [2.45, 2.75) is 6.04 Å². The van der Waals surface area contributed by atoms with Gasteiger partial charge in [0.15, 0.2) is 11.0 Å². The standard InChI is InChI=1S/C9H12ClN5/c10-8-3-7-9(14-13-8)12-5-6-4-11-1-2-15(6)7/h3,6,11H,1-2,4-5H2,(H,12,14)/t6-/m1/s1. The molecule has 5 nitrogen and oxygen atoms in total. The molecule has 0 saturated carbocycles. The monoisotopic (exact) mass is 225 g/mol. The summed E-state index contributed by atoms with van der Waals surface area (Å²) in [6.45, 7) is 3.93. The van der Waals surface area contributed by atoms with Crippen molar-refractivity contribution >= 4 is 23.1 Å². The SMILES string of the molecule is Clc1cc2c(nn1)NC[C@H]1CNCCN21. The van der Waals surface area contributed by atoms with Gasteiger partial charge in [0, 0.05) is 32.2 Å². The number of halogens is 1. The summed E-state index contributed by atoms with van der Waals surface area (Å²) in [5, 5.41) is 15.0. The molecule has 0 aliphatic carbocycles. The predicted octanol–water partition coefficient (Wildman–Crippen LogP) is 0.334. The van der Waals surface area contributed by atoms with Crippen molar-refractivity contribution in [3.05, 3.63) is 11.2 Å². The van der Waals surface area contributed by atoms with Crippen LogP contribution in [0.25, 0.3) is 0 Å². The lowest BCUT2D eigenvalue weighted by Gasteiger charge is -2.41. The molecule has 0 amide bonds. The Morgan fingerprint density at radius 1 is 1.40 bits per heavy atom. The van der Waals surface area contributed by atoms with Gasteiger partial charge in [-0.1, -0.05) is 11.6 Å². The van der Waals surface area contributed by atoms with E-state index in [2.05, 4.69) is 25.7 Å². The second kappa shape index (κ2) is 3.50. The highest BCUT2D eigenvalue weighted by molar-refractivity contribution is 6.29. The maximum atomic E-state index is 5.86. The first kappa shape index (κ1) is 9.18. The van der Waals surface area contributed by atoms with Crippen LogP contribution in [-0.4, -0.2) is 42.4 Å². The van der Waals surface area contributed by atoms with Crippen LogP contribution in [0.4, 0.5) is 11.5 Å². The zero-order valence-corrected chi connectivity index (χ0v) is 8.96. The summed E-state index contributed by atoms with van der Waals surface area (Å²) < 4.78 is 0. The first-order chi connectivity index (χ1) is 7.34. The number of hydrogen-bond acceptors (Lipinski definition) is 5. The normalized spacial score (nSPS) is 24.1. The summed E-state index contributed by atoms with van der Waals surface area (Å²) in [7, 11) is 0. The van der Waals surface area contributed by atoms with Crippen LogP contribution in [0.15, 0.2) is 6.07 Å². The fourth-order valence-electron chi connectivity index (χ4n) is 2.18. The molecule has 80 valence electrons. The second-order valence-corrected chi connectivity index (χ2v) is 4.22. The Kier molecular flexibility index (Phi) is 2.14. The molecule has 1 atom stereocenters. The Hall–Kier alpha value is -1.07. The lowest BCUT2D eigenvalue weighted by molar-refractivity contribution is 0.480. The molecule has 6 heteroatoms. The van der Waals surface area contributed by atoms with Crippen molar-refractivity contribution in [2.75, 3.05) is 36.4 Å². The van der Waals surface area contributed by atoms with E-state index in [0.29, 0.717) is 11.2 Å². The molecule has 1 aromatic heterocycles. The van der Waals surface area contributed by atoms with Crippen molar-refractivity contribution in [1.82, 2.24) is 15.5 Å². The summed E-state index contributed by atoms with van der Waals surface area (Å²) in [6, 6.07) is 2.38. The molecule has 0 radical (unpaired) electrons. The van der Waals surface area contributed by atoms with Gasteiger partial charge < -0.3 is 15.5 Å². The van der Waals surface area contributed by atoms with Gasteiger partial charge in [-0.05, 0) is 0 Å². The quantitative estimate of drug-likeness (QED) is 0.667. The van der Waals surface area contributed by atoms with Gasteiger partial charge in [0.2, 0.25) is 0 Å². The lowest BCUT2D eigenvalue weighted by Crippen LogP contribution is -2.56. The third kappa shape index (κ3) is 1.52. The van der Waals surface area contributed by atoms with Gasteiger partial charge in [-0.2, -0.15) is 0 Å². The Morgan fingerprint density at radius 2 is 2.33 bits per heavy atom. The number of hydrogen-bond donors (Lipinski definition) is 2. The van der Waals surface area contributed by atoms with Crippen molar-refractivity contribution in [1.29, 1.82) is 0 Å². The van der Waals surface area contributed by atoms with Crippen LogP contribution in [0.1, 0.15) is 0 Å². The van der Waals surface area contributed by atoms with Crippen LogP contribution in [0, 0.1) is 0 Å². The molecule has 0 aromatic carbocycles. The van der Waals surface area contributed by atoms with Crippen LogP contribution >= 0.6 is 11.6 Å². The fraction of sp³-hybridized carbons (Fsp3) is 0.556. The Balaban J connectivity index is 2.01. The van der Waals surface area contributed by atoms with Gasteiger partial charge in [0.05, 0.1) is 11.7 Å².